The number of halogens is 1. The van der Waals surface area contributed by atoms with Gasteiger partial charge in [-0.15, -0.1) is 0 Å². The smallest absolute Gasteiger partial charge is 0.297 e. The molecule has 0 unspecified atom stereocenters. The first-order valence-electron chi connectivity index (χ1n) is 6.57. The molecule has 1 N–H and O–H groups in total. The Bertz CT molecular complexity index is 562. The van der Waals surface area contributed by atoms with E-state index in [2.05, 4.69) is 9.88 Å². The molecule has 1 aromatic carbocycles. The molecule has 0 bridgehead atoms. The van der Waals surface area contributed by atoms with Crippen LogP contribution in [0.2, 0.25) is 0 Å². The maximum absolute atomic E-state index is 12.9. The van der Waals surface area contributed by atoms with Gasteiger partial charge in [0.2, 0.25) is 0 Å². The molecule has 1 aliphatic heterocycles. The third-order valence-electron chi connectivity index (χ3n) is 3.44. The summed E-state index contributed by atoms with van der Waals surface area (Å²) in [4.78, 5) is 8.44. The predicted molar refractivity (Wildman–Crippen MR) is 73.3 cm³/mol. The van der Waals surface area contributed by atoms with Crippen LogP contribution in [0.15, 0.2) is 34.9 Å². The van der Waals surface area contributed by atoms with Crippen LogP contribution in [0, 0.1) is 5.82 Å². The summed E-state index contributed by atoms with van der Waals surface area (Å²) in [6, 6.07) is 7.08. The van der Waals surface area contributed by atoms with E-state index in [-0.39, 0.29) is 12.4 Å². The quantitative estimate of drug-likeness (QED) is 0.924. The van der Waals surface area contributed by atoms with Gasteiger partial charge in [-0.05, 0) is 24.3 Å². The van der Waals surface area contributed by atoms with E-state index in [0.717, 1.165) is 31.9 Å². The van der Waals surface area contributed by atoms with Gasteiger partial charge in [-0.3, -0.25) is 0 Å². The molecular weight excluding hydrogens is 261 g/mol. The predicted octanol–water partition coefficient (Wildman–Crippen LogP) is 1.63. The van der Waals surface area contributed by atoms with E-state index in [1.807, 2.05) is 4.90 Å². The van der Waals surface area contributed by atoms with Crippen molar-refractivity contribution in [2.24, 2.45) is 0 Å². The highest BCUT2D eigenvalue weighted by Crippen LogP contribution is 2.20. The van der Waals surface area contributed by atoms with Crippen LogP contribution in [-0.4, -0.2) is 36.3 Å². The average molecular weight is 277 g/mol. The average Bonchev–Trinajstić information content (AvgIpc) is 2.97. The Morgan fingerprint density at radius 1 is 1.10 bits per heavy atom. The Labute approximate surface area is 116 Å². The fraction of sp³-hybridized carbons (Fsp3) is 0.357. The molecule has 6 heteroatoms. The number of hydrogen-bond donors (Lipinski definition) is 1. The monoisotopic (exact) mass is 277 g/mol. The maximum Gasteiger partial charge on any atom is 0.297 e. The van der Waals surface area contributed by atoms with Crippen LogP contribution in [0.4, 0.5) is 16.1 Å². The van der Waals surface area contributed by atoms with Crippen molar-refractivity contribution in [1.82, 2.24) is 4.98 Å². The van der Waals surface area contributed by atoms with Crippen molar-refractivity contribution < 1.29 is 13.9 Å². The van der Waals surface area contributed by atoms with Gasteiger partial charge in [0.25, 0.3) is 6.01 Å². The molecule has 20 heavy (non-hydrogen) atoms. The Kier molecular flexibility index (Phi) is 3.56. The van der Waals surface area contributed by atoms with Crippen LogP contribution in [0.25, 0.3) is 0 Å². The topological polar surface area (TPSA) is 52.7 Å². The number of anilines is 2. The Hall–Kier alpha value is -2.08. The zero-order valence-electron chi connectivity index (χ0n) is 11.0. The van der Waals surface area contributed by atoms with Gasteiger partial charge in [-0.1, -0.05) is 0 Å². The zero-order chi connectivity index (χ0) is 13.9. The molecule has 1 aromatic heterocycles. The van der Waals surface area contributed by atoms with E-state index in [9.17, 15) is 4.39 Å². The van der Waals surface area contributed by atoms with Crippen molar-refractivity contribution in [1.29, 1.82) is 0 Å². The van der Waals surface area contributed by atoms with Gasteiger partial charge < -0.3 is 19.3 Å². The third kappa shape index (κ3) is 2.60. The first-order chi connectivity index (χ1) is 9.76. The fourth-order valence-corrected chi connectivity index (χ4v) is 2.32. The van der Waals surface area contributed by atoms with Crippen LogP contribution in [0.1, 0.15) is 5.69 Å². The van der Waals surface area contributed by atoms with Gasteiger partial charge >= 0.3 is 0 Å². The molecule has 0 atom stereocenters. The maximum atomic E-state index is 12.9. The lowest BCUT2D eigenvalue weighted by atomic mass is 10.2. The molecule has 1 saturated heterocycles. The van der Waals surface area contributed by atoms with Gasteiger partial charge in [0.1, 0.15) is 17.8 Å². The standard InChI is InChI=1S/C14H16FN3O2/c15-11-1-3-13(4-2-11)17-5-7-18(8-6-17)14-16-12(9-19)10-20-14/h1-4,10,19H,5-9H2. The summed E-state index contributed by atoms with van der Waals surface area (Å²) in [6.45, 7) is 3.09. The first-order valence-corrected chi connectivity index (χ1v) is 6.57. The number of nitrogens with zero attached hydrogens (tertiary/aromatic N) is 3. The SMILES string of the molecule is OCc1coc(N2CCN(c3ccc(F)cc3)CC2)n1. The number of aromatic nitrogens is 1. The third-order valence-corrected chi connectivity index (χ3v) is 3.44. The summed E-state index contributed by atoms with van der Waals surface area (Å²) in [7, 11) is 0. The Morgan fingerprint density at radius 2 is 1.75 bits per heavy atom. The van der Waals surface area contributed by atoms with Crippen molar-refractivity contribution >= 4 is 11.7 Å². The van der Waals surface area contributed by atoms with E-state index in [0.29, 0.717) is 11.7 Å². The van der Waals surface area contributed by atoms with Crippen LogP contribution in [0.3, 0.4) is 0 Å². The summed E-state index contributed by atoms with van der Waals surface area (Å²) in [5.74, 6) is -0.219. The number of benzene rings is 1. The fourth-order valence-electron chi connectivity index (χ4n) is 2.32. The van der Waals surface area contributed by atoms with E-state index in [1.54, 1.807) is 12.1 Å². The lowest BCUT2D eigenvalue weighted by Gasteiger charge is -2.35. The van der Waals surface area contributed by atoms with Gasteiger partial charge in [0.15, 0.2) is 0 Å². The minimum absolute atomic E-state index is 0.112. The number of oxazole rings is 1. The summed E-state index contributed by atoms with van der Waals surface area (Å²) < 4.78 is 18.2. The highest BCUT2D eigenvalue weighted by atomic mass is 19.1. The number of aliphatic hydroxyl groups is 1. The van der Waals surface area contributed by atoms with Crippen LogP contribution < -0.4 is 9.80 Å². The van der Waals surface area contributed by atoms with Crippen molar-refractivity contribution in [3.8, 4) is 0 Å². The second-order valence-corrected chi connectivity index (χ2v) is 4.73. The van der Waals surface area contributed by atoms with Gasteiger partial charge in [-0.25, -0.2) is 4.39 Å². The number of aliphatic hydroxyl groups excluding tert-OH is 1. The number of rotatable bonds is 3. The molecule has 3 rings (SSSR count). The highest BCUT2D eigenvalue weighted by molar-refractivity contribution is 5.48. The molecule has 2 aromatic rings. The largest absolute Gasteiger partial charge is 0.432 e. The van der Waals surface area contributed by atoms with E-state index >= 15 is 0 Å². The van der Waals surface area contributed by atoms with E-state index in [1.165, 1.54) is 18.4 Å². The molecular formula is C14H16FN3O2. The van der Waals surface area contributed by atoms with Crippen LogP contribution in [-0.2, 0) is 6.61 Å². The van der Waals surface area contributed by atoms with Gasteiger partial charge in [-0.2, -0.15) is 4.98 Å². The molecule has 0 amide bonds. The van der Waals surface area contributed by atoms with Crippen molar-refractivity contribution in [2.75, 3.05) is 36.0 Å². The number of hydrogen-bond acceptors (Lipinski definition) is 5. The van der Waals surface area contributed by atoms with Crippen molar-refractivity contribution in [3.63, 3.8) is 0 Å². The van der Waals surface area contributed by atoms with Gasteiger partial charge in [0, 0.05) is 31.9 Å². The molecule has 1 fully saturated rings. The summed E-state index contributed by atoms with van der Waals surface area (Å²) in [5.41, 5.74) is 1.57. The highest BCUT2D eigenvalue weighted by Gasteiger charge is 2.20. The summed E-state index contributed by atoms with van der Waals surface area (Å²) in [5, 5.41) is 8.98. The molecule has 0 spiro atoms. The Balaban J connectivity index is 1.63. The summed E-state index contributed by atoms with van der Waals surface area (Å²) >= 11 is 0. The second-order valence-electron chi connectivity index (χ2n) is 4.73. The summed E-state index contributed by atoms with van der Waals surface area (Å²) in [6.07, 6.45) is 1.47. The molecule has 0 aliphatic carbocycles. The van der Waals surface area contributed by atoms with Crippen LogP contribution in [0.5, 0.6) is 0 Å². The van der Waals surface area contributed by atoms with E-state index < -0.39 is 0 Å². The van der Waals surface area contributed by atoms with E-state index in [4.69, 9.17) is 9.52 Å². The number of piperazine rings is 1. The molecule has 5 nitrogen and oxygen atoms in total. The van der Waals surface area contributed by atoms with Crippen LogP contribution >= 0.6 is 0 Å². The zero-order valence-corrected chi connectivity index (χ0v) is 11.0. The van der Waals surface area contributed by atoms with Crippen molar-refractivity contribution in [3.05, 3.63) is 42.0 Å². The normalized spacial score (nSPS) is 15.7. The molecule has 0 radical (unpaired) electrons. The molecule has 0 saturated carbocycles. The lowest BCUT2D eigenvalue weighted by Crippen LogP contribution is -2.46. The van der Waals surface area contributed by atoms with Gasteiger partial charge in [0.05, 0.1) is 6.61 Å². The Morgan fingerprint density at radius 3 is 2.35 bits per heavy atom. The molecule has 2 heterocycles. The van der Waals surface area contributed by atoms with Crippen molar-refractivity contribution in [2.45, 2.75) is 6.61 Å². The minimum Gasteiger partial charge on any atom is -0.432 e. The molecule has 106 valence electrons. The lowest BCUT2D eigenvalue weighted by molar-refractivity contribution is 0.276. The molecule has 1 aliphatic rings. The minimum atomic E-state index is -0.219. The second kappa shape index (κ2) is 5.50. The first kappa shape index (κ1) is 12.9.